The number of amidine groups is 1. The van der Waals surface area contributed by atoms with Crippen LogP contribution in [0.3, 0.4) is 0 Å². The van der Waals surface area contributed by atoms with Crippen LogP contribution in [0.5, 0.6) is 5.75 Å². The summed E-state index contributed by atoms with van der Waals surface area (Å²) in [5.74, 6) is 0.464. The molecule has 0 aliphatic carbocycles. The third kappa shape index (κ3) is 3.46. The van der Waals surface area contributed by atoms with E-state index in [-0.39, 0.29) is 16.5 Å². The van der Waals surface area contributed by atoms with Gasteiger partial charge in [-0.3, -0.25) is 0 Å². The Kier molecular flexibility index (Phi) is 4.51. The normalized spacial score (nSPS) is 12.2. The molecule has 0 aliphatic rings. The molecule has 0 bridgehead atoms. The van der Waals surface area contributed by atoms with Crippen molar-refractivity contribution in [3.8, 4) is 5.75 Å². The largest absolute Gasteiger partial charge is 0.508 e. The third-order valence-electron chi connectivity index (χ3n) is 3.37. The molecule has 0 amide bonds. The van der Waals surface area contributed by atoms with Gasteiger partial charge in [0.05, 0.1) is 4.90 Å². The number of rotatable bonds is 3. The molecule has 2 aromatic carbocycles. The first kappa shape index (κ1) is 16.0. The van der Waals surface area contributed by atoms with Gasteiger partial charge in [0.15, 0.2) is 0 Å². The minimum atomic E-state index is -3.73. The lowest BCUT2D eigenvalue weighted by molar-refractivity contribution is 0.470. The second-order valence-electron chi connectivity index (χ2n) is 4.97. The molecule has 0 aromatic heterocycles. The zero-order chi connectivity index (χ0) is 16.3. The first-order valence-electron chi connectivity index (χ1n) is 6.74. The molecule has 5 nitrogen and oxygen atoms in total. The van der Waals surface area contributed by atoms with Gasteiger partial charge in [-0.2, -0.15) is 8.42 Å². The van der Waals surface area contributed by atoms with Crippen molar-refractivity contribution in [1.82, 2.24) is 0 Å². The van der Waals surface area contributed by atoms with Gasteiger partial charge < -0.3 is 10.4 Å². The smallest absolute Gasteiger partial charge is 0.283 e. The van der Waals surface area contributed by atoms with Crippen LogP contribution in [0, 0.1) is 13.8 Å². The molecule has 22 heavy (non-hydrogen) atoms. The molecule has 0 fully saturated rings. The van der Waals surface area contributed by atoms with Crippen LogP contribution in [-0.2, 0) is 10.0 Å². The highest BCUT2D eigenvalue weighted by Crippen LogP contribution is 2.26. The molecule has 2 N–H and O–H groups in total. The fourth-order valence-corrected chi connectivity index (χ4v) is 3.00. The molecule has 116 valence electrons. The van der Waals surface area contributed by atoms with Gasteiger partial charge >= 0.3 is 0 Å². The van der Waals surface area contributed by atoms with E-state index >= 15 is 0 Å². The number of phenolic OH excluding ortho intramolecular Hbond substituents is 1. The van der Waals surface area contributed by atoms with Crippen molar-refractivity contribution in [2.24, 2.45) is 4.40 Å². The van der Waals surface area contributed by atoms with Crippen LogP contribution < -0.4 is 5.32 Å². The van der Waals surface area contributed by atoms with Crippen molar-refractivity contribution in [3.63, 3.8) is 0 Å². The van der Waals surface area contributed by atoms with E-state index in [0.717, 1.165) is 11.1 Å². The average Bonchev–Trinajstić information content (AvgIpc) is 2.48. The molecule has 0 aliphatic heterocycles. The van der Waals surface area contributed by atoms with Crippen molar-refractivity contribution in [2.45, 2.75) is 25.7 Å². The lowest BCUT2D eigenvalue weighted by atomic mass is 10.1. The Morgan fingerprint density at radius 1 is 1.05 bits per heavy atom. The van der Waals surface area contributed by atoms with E-state index in [9.17, 15) is 13.5 Å². The zero-order valence-electron chi connectivity index (χ0n) is 12.7. The molecule has 0 saturated heterocycles. The van der Waals surface area contributed by atoms with E-state index in [0.29, 0.717) is 5.69 Å². The predicted molar refractivity (Wildman–Crippen MR) is 87.9 cm³/mol. The van der Waals surface area contributed by atoms with E-state index in [1.807, 2.05) is 6.92 Å². The molecule has 0 spiro atoms. The maximum Gasteiger partial charge on any atom is 0.283 e. The Hall–Kier alpha value is -2.34. The van der Waals surface area contributed by atoms with Gasteiger partial charge in [-0.15, -0.1) is 4.40 Å². The van der Waals surface area contributed by atoms with Crippen LogP contribution in [-0.4, -0.2) is 19.4 Å². The summed E-state index contributed by atoms with van der Waals surface area (Å²) in [5, 5.41) is 12.6. The summed E-state index contributed by atoms with van der Waals surface area (Å²) in [5.41, 5.74) is 2.29. The van der Waals surface area contributed by atoms with E-state index in [1.165, 1.54) is 12.1 Å². The summed E-state index contributed by atoms with van der Waals surface area (Å²) in [6.07, 6.45) is 0. The topological polar surface area (TPSA) is 78.8 Å². The summed E-state index contributed by atoms with van der Waals surface area (Å²) >= 11 is 0. The molecular weight excluding hydrogens is 300 g/mol. The molecule has 0 atom stereocenters. The molecule has 6 heteroatoms. The highest BCUT2D eigenvalue weighted by atomic mass is 32.2. The molecule has 0 unspecified atom stereocenters. The summed E-state index contributed by atoms with van der Waals surface area (Å²) < 4.78 is 28.1. The van der Waals surface area contributed by atoms with Crippen molar-refractivity contribution in [1.29, 1.82) is 0 Å². The van der Waals surface area contributed by atoms with Crippen LogP contribution in [0.25, 0.3) is 0 Å². The molecule has 0 heterocycles. The highest BCUT2D eigenvalue weighted by molar-refractivity contribution is 7.90. The number of aromatic hydroxyl groups is 1. The van der Waals surface area contributed by atoms with Crippen molar-refractivity contribution >= 4 is 21.5 Å². The zero-order valence-corrected chi connectivity index (χ0v) is 13.5. The summed E-state index contributed by atoms with van der Waals surface area (Å²) in [6.45, 7) is 5.22. The first-order valence-corrected chi connectivity index (χ1v) is 8.18. The number of hydrogen-bond donors (Lipinski definition) is 2. The van der Waals surface area contributed by atoms with Crippen molar-refractivity contribution in [3.05, 3.63) is 53.6 Å². The number of anilines is 1. The Labute approximate surface area is 130 Å². The van der Waals surface area contributed by atoms with Crippen LogP contribution >= 0.6 is 0 Å². The number of nitrogens with zero attached hydrogens (tertiary/aromatic N) is 1. The van der Waals surface area contributed by atoms with Gasteiger partial charge in [-0.1, -0.05) is 18.2 Å². The SMILES string of the molecule is CC(=NS(=O)(=O)c1ccccc1)Nc1ccc(O)c(C)c1C. The molecule has 0 radical (unpaired) electrons. The Morgan fingerprint density at radius 3 is 2.32 bits per heavy atom. The van der Waals surface area contributed by atoms with Crippen LogP contribution in [0.4, 0.5) is 5.69 Å². The monoisotopic (exact) mass is 318 g/mol. The quantitative estimate of drug-likeness (QED) is 0.517. The summed E-state index contributed by atoms with van der Waals surface area (Å²) in [7, 11) is -3.73. The number of benzene rings is 2. The lowest BCUT2D eigenvalue weighted by Gasteiger charge is -2.12. The van der Waals surface area contributed by atoms with E-state index in [2.05, 4.69) is 9.71 Å². The van der Waals surface area contributed by atoms with Gasteiger partial charge in [-0.25, -0.2) is 0 Å². The van der Waals surface area contributed by atoms with Crippen molar-refractivity contribution < 1.29 is 13.5 Å². The second kappa shape index (κ2) is 6.19. The maximum atomic E-state index is 12.2. The van der Waals surface area contributed by atoms with Gasteiger partial charge in [0.25, 0.3) is 10.0 Å². The van der Waals surface area contributed by atoms with Crippen LogP contribution in [0.15, 0.2) is 51.8 Å². The first-order chi connectivity index (χ1) is 10.3. The van der Waals surface area contributed by atoms with E-state index < -0.39 is 10.0 Å². The number of sulfonamides is 1. The fourth-order valence-electron chi connectivity index (χ4n) is 1.98. The van der Waals surface area contributed by atoms with Gasteiger partial charge in [0, 0.05) is 5.69 Å². The molecular formula is C16H18N2O3S. The molecule has 2 rings (SSSR count). The molecule has 0 saturated carbocycles. The Balaban J connectivity index is 2.30. The minimum Gasteiger partial charge on any atom is -0.508 e. The van der Waals surface area contributed by atoms with Crippen LogP contribution in [0.2, 0.25) is 0 Å². The Morgan fingerprint density at radius 2 is 1.68 bits per heavy atom. The van der Waals surface area contributed by atoms with E-state index in [4.69, 9.17) is 0 Å². The second-order valence-corrected chi connectivity index (χ2v) is 6.58. The third-order valence-corrected chi connectivity index (χ3v) is 4.75. The average molecular weight is 318 g/mol. The fraction of sp³-hybridized carbons (Fsp3) is 0.188. The van der Waals surface area contributed by atoms with Gasteiger partial charge in [0.2, 0.25) is 0 Å². The summed E-state index contributed by atoms with van der Waals surface area (Å²) in [6, 6.07) is 11.3. The predicted octanol–water partition coefficient (Wildman–Crippen LogP) is 3.23. The number of hydrogen-bond acceptors (Lipinski definition) is 3. The van der Waals surface area contributed by atoms with E-state index in [1.54, 1.807) is 44.2 Å². The van der Waals surface area contributed by atoms with Crippen molar-refractivity contribution in [2.75, 3.05) is 5.32 Å². The lowest BCUT2D eigenvalue weighted by Crippen LogP contribution is -2.12. The minimum absolute atomic E-state index is 0.148. The van der Waals surface area contributed by atoms with Gasteiger partial charge in [-0.05, 0) is 56.2 Å². The van der Waals surface area contributed by atoms with Gasteiger partial charge in [0.1, 0.15) is 11.6 Å². The number of nitrogens with one attached hydrogen (secondary N) is 1. The van der Waals surface area contributed by atoms with Crippen LogP contribution in [0.1, 0.15) is 18.1 Å². The molecule has 2 aromatic rings. The Bertz CT molecular complexity index is 813. The standard InChI is InChI=1S/C16H18N2O3S/c1-11-12(2)16(19)10-9-15(11)17-13(3)18-22(20,21)14-7-5-4-6-8-14/h4-10,19H,1-3H3,(H,17,18). The number of phenols is 1. The highest BCUT2D eigenvalue weighted by Gasteiger charge is 2.13. The maximum absolute atomic E-state index is 12.2. The summed E-state index contributed by atoms with van der Waals surface area (Å²) in [4.78, 5) is 0.148.